The van der Waals surface area contributed by atoms with Crippen molar-refractivity contribution in [1.29, 1.82) is 0 Å². The summed E-state index contributed by atoms with van der Waals surface area (Å²) in [6.07, 6.45) is 2.85. The number of methoxy groups -OCH3 is 1. The first-order valence-corrected chi connectivity index (χ1v) is 6.77. The summed E-state index contributed by atoms with van der Waals surface area (Å²) in [5.74, 6) is 1.61. The molecule has 0 bridgehead atoms. The molecular formula is C12H19BrN4O. The van der Waals surface area contributed by atoms with E-state index < -0.39 is 0 Å². The second-order valence-electron chi connectivity index (χ2n) is 5.11. The van der Waals surface area contributed by atoms with Gasteiger partial charge in [0.25, 0.3) is 0 Å². The van der Waals surface area contributed by atoms with Gasteiger partial charge in [-0.15, -0.1) is 0 Å². The van der Waals surface area contributed by atoms with Gasteiger partial charge in [0.05, 0.1) is 6.10 Å². The average molecular weight is 315 g/mol. The van der Waals surface area contributed by atoms with Gasteiger partial charge in [-0.25, -0.2) is 9.97 Å². The Hall–Kier alpha value is -0.880. The summed E-state index contributed by atoms with van der Waals surface area (Å²) in [4.78, 5) is 8.42. The second kappa shape index (κ2) is 5.01. The fraction of sp³-hybridized carbons (Fsp3) is 0.667. The topological polar surface area (TPSA) is 59.1 Å². The van der Waals surface area contributed by atoms with Crippen molar-refractivity contribution in [2.75, 3.05) is 24.8 Å². The van der Waals surface area contributed by atoms with E-state index in [-0.39, 0.29) is 5.41 Å². The maximum Gasteiger partial charge on any atom is 0.146 e. The molecular weight excluding hydrogens is 296 g/mol. The number of hydrogen-bond acceptors (Lipinski definition) is 5. The first-order valence-electron chi connectivity index (χ1n) is 5.98. The molecule has 1 aromatic rings. The maximum atomic E-state index is 5.45. The Morgan fingerprint density at radius 2 is 2.06 bits per heavy atom. The van der Waals surface area contributed by atoms with E-state index in [0.29, 0.717) is 12.1 Å². The van der Waals surface area contributed by atoms with Crippen LogP contribution in [-0.2, 0) is 4.74 Å². The Kier molecular flexibility index (Phi) is 3.77. The second-order valence-corrected chi connectivity index (χ2v) is 5.91. The molecule has 6 heteroatoms. The van der Waals surface area contributed by atoms with E-state index in [2.05, 4.69) is 50.4 Å². The molecule has 0 radical (unpaired) electrons. The number of hydrogen-bond donors (Lipinski definition) is 2. The zero-order valence-electron chi connectivity index (χ0n) is 11.1. The summed E-state index contributed by atoms with van der Waals surface area (Å²) in [6, 6.07) is 0.360. The Bertz CT molecular complexity index is 438. The standard InChI is InChI=1S/C12H19BrN4O/c1-12(2)7(5-8(12)18-4)17-11-9(13)10(14-3)15-6-16-11/h6-8H,5H2,1-4H3,(H2,14,15,16,17). The third-order valence-corrected chi connectivity index (χ3v) is 4.55. The number of halogens is 1. The molecule has 1 fully saturated rings. The van der Waals surface area contributed by atoms with Crippen LogP contribution in [0.4, 0.5) is 11.6 Å². The van der Waals surface area contributed by atoms with E-state index in [1.165, 1.54) is 0 Å². The van der Waals surface area contributed by atoms with Crippen LogP contribution in [0.5, 0.6) is 0 Å². The van der Waals surface area contributed by atoms with Gasteiger partial charge in [0.1, 0.15) is 22.4 Å². The van der Waals surface area contributed by atoms with Gasteiger partial charge in [0.2, 0.25) is 0 Å². The summed E-state index contributed by atoms with van der Waals surface area (Å²) in [6.45, 7) is 4.41. The summed E-state index contributed by atoms with van der Waals surface area (Å²) in [7, 11) is 3.60. The lowest BCUT2D eigenvalue weighted by Gasteiger charge is -2.51. The minimum absolute atomic E-state index is 0.110. The predicted octanol–water partition coefficient (Wildman–Crippen LogP) is 2.51. The highest BCUT2D eigenvalue weighted by molar-refractivity contribution is 9.10. The van der Waals surface area contributed by atoms with Crippen LogP contribution in [0.1, 0.15) is 20.3 Å². The summed E-state index contributed by atoms with van der Waals surface area (Å²) < 4.78 is 6.31. The average Bonchev–Trinajstić information content (AvgIpc) is 2.35. The molecule has 0 aliphatic heterocycles. The molecule has 0 aromatic carbocycles. The number of aromatic nitrogens is 2. The number of nitrogens with zero attached hydrogens (tertiary/aromatic N) is 2. The zero-order chi connectivity index (χ0) is 13.3. The molecule has 0 amide bonds. The third-order valence-electron chi connectivity index (χ3n) is 3.80. The SMILES string of the molecule is CNc1ncnc(NC2CC(OC)C2(C)C)c1Br. The monoisotopic (exact) mass is 314 g/mol. The molecule has 1 saturated carbocycles. The molecule has 1 aromatic heterocycles. The third kappa shape index (κ3) is 2.19. The van der Waals surface area contributed by atoms with Crippen molar-refractivity contribution in [1.82, 2.24) is 9.97 Å². The molecule has 18 heavy (non-hydrogen) atoms. The number of rotatable bonds is 4. The van der Waals surface area contributed by atoms with Crippen LogP contribution in [0.25, 0.3) is 0 Å². The van der Waals surface area contributed by atoms with Gasteiger partial charge < -0.3 is 15.4 Å². The predicted molar refractivity (Wildman–Crippen MR) is 75.9 cm³/mol. The molecule has 5 nitrogen and oxygen atoms in total. The smallest absolute Gasteiger partial charge is 0.146 e. The lowest BCUT2D eigenvalue weighted by Crippen LogP contribution is -2.57. The molecule has 1 aliphatic rings. The van der Waals surface area contributed by atoms with Crippen molar-refractivity contribution in [2.45, 2.75) is 32.4 Å². The molecule has 0 spiro atoms. The highest BCUT2D eigenvalue weighted by Crippen LogP contribution is 2.44. The summed E-state index contributed by atoms with van der Waals surface area (Å²) >= 11 is 3.51. The Morgan fingerprint density at radius 1 is 1.39 bits per heavy atom. The van der Waals surface area contributed by atoms with Gasteiger partial charge in [-0.3, -0.25) is 0 Å². The van der Waals surface area contributed by atoms with E-state index in [4.69, 9.17) is 4.74 Å². The van der Waals surface area contributed by atoms with Gasteiger partial charge in [-0.05, 0) is 22.4 Å². The van der Waals surface area contributed by atoms with Crippen LogP contribution in [0.15, 0.2) is 10.8 Å². The number of nitrogens with one attached hydrogen (secondary N) is 2. The molecule has 1 heterocycles. The number of anilines is 2. The van der Waals surface area contributed by atoms with Crippen LogP contribution < -0.4 is 10.6 Å². The van der Waals surface area contributed by atoms with E-state index >= 15 is 0 Å². The molecule has 2 N–H and O–H groups in total. The summed E-state index contributed by atoms with van der Waals surface area (Å²) in [5, 5.41) is 6.48. The Balaban J connectivity index is 2.12. The lowest BCUT2D eigenvalue weighted by molar-refractivity contribution is -0.0795. The van der Waals surface area contributed by atoms with Crippen LogP contribution in [0.3, 0.4) is 0 Å². The Morgan fingerprint density at radius 3 is 2.61 bits per heavy atom. The fourth-order valence-corrected chi connectivity index (χ4v) is 2.86. The molecule has 2 unspecified atom stereocenters. The number of ether oxygens (including phenoxy) is 1. The fourth-order valence-electron chi connectivity index (χ4n) is 2.34. The van der Waals surface area contributed by atoms with Gasteiger partial charge in [-0.1, -0.05) is 13.8 Å². The zero-order valence-corrected chi connectivity index (χ0v) is 12.7. The molecule has 1 aliphatic carbocycles. The van der Waals surface area contributed by atoms with Crippen molar-refractivity contribution in [3.63, 3.8) is 0 Å². The van der Waals surface area contributed by atoms with E-state index in [1.54, 1.807) is 13.4 Å². The van der Waals surface area contributed by atoms with E-state index in [0.717, 1.165) is 22.5 Å². The van der Waals surface area contributed by atoms with Crippen LogP contribution in [0, 0.1) is 5.41 Å². The Labute approximate surface area is 116 Å². The minimum Gasteiger partial charge on any atom is -0.381 e. The lowest BCUT2D eigenvalue weighted by atomic mass is 9.64. The normalized spacial score (nSPS) is 25.4. The highest BCUT2D eigenvalue weighted by atomic mass is 79.9. The first-order chi connectivity index (χ1) is 8.50. The largest absolute Gasteiger partial charge is 0.381 e. The maximum absolute atomic E-state index is 5.45. The quantitative estimate of drug-likeness (QED) is 0.894. The van der Waals surface area contributed by atoms with E-state index in [9.17, 15) is 0 Å². The van der Waals surface area contributed by atoms with E-state index in [1.807, 2.05) is 7.05 Å². The van der Waals surface area contributed by atoms with Crippen molar-refractivity contribution < 1.29 is 4.74 Å². The molecule has 0 saturated heterocycles. The van der Waals surface area contributed by atoms with Gasteiger partial charge in [0, 0.05) is 25.6 Å². The van der Waals surface area contributed by atoms with Gasteiger partial charge >= 0.3 is 0 Å². The van der Waals surface area contributed by atoms with Crippen molar-refractivity contribution >= 4 is 27.6 Å². The van der Waals surface area contributed by atoms with Crippen LogP contribution >= 0.6 is 15.9 Å². The van der Waals surface area contributed by atoms with Gasteiger partial charge in [0.15, 0.2) is 0 Å². The van der Waals surface area contributed by atoms with Crippen LogP contribution in [0.2, 0.25) is 0 Å². The first kappa shape index (κ1) is 13.5. The van der Waals surface area contributed by atoms with Crippen molar-refractivity contribution in [3.8, 4) is 0 Å². The minimum atomic E-state index is 0.110. The molecule has 2 rings (SSSR count). The highest BCUT2D eigenvalue weighted by Gasteiger charge is 2.48. The van der Waals surface area contributed by atoms with Crippen molar-refractivity contribution in [3.05, 3.63) is 10.8 Å². The molecule has 100 valence electrons. The van der Waals surface area contributed by atoms with Crippen molar-refractivity contribution in [2.24, 2.45) is 5.41 Å². The summed E-state index contributed by atoms with van der Waals surface area (Å²) in [5.41, 5.74) is 0.110. The molecule has 2 atom stereocenters. The van der Waals surface area contributed by atoms with Gasteiger partial charge in [-0.2, -0.15) is 0 Å². The van der Waals surface area contributed by atoms with Crippen LogP contribution in [-0.4, -0.2) is 36.3 Å².